The van der Waals surface area contributed by atoms with Gasteiger partial charge in [0.2, 0.25) is 0 Å². The number of carbonyl (C=O) groups excluding carboxylic acids is 1. The van der Waals surface area contributed by atoms with Gasteiger partial charge in [0.15, 0.2) is 5.82 Å². The van der Waals surface area contributed by atoms with Gasteiger partial charge in [-0.25, -0.2) is 4.39 Å². The highest BCUT2D eigenvalue weighted by atomic mass is 19.1. The summed E-state index contributed by atoms with van der Waals surface area (Å²) in [6.07, 6.45) is 1.80. The molecule has 0 spiro atoms. The van der Waals surface area contributed by atoms with Crippen LogP contribution in [0.3, 0.4) is 0 Å². The average Bonchev–Trinajstić information content (AvgIpc) is 3.16. The number of nitrogens with two attached hydrogens (primary N) is 1. The van der Waals surface area contributed by atoms with E-state index in [2.05, 4.69) is 10.7 Å². The van der Waals surface area contributed by atoms with Gasteiger partial charge in [-0.15, -0.1) is 0 Å². The van der Waals surface area contributed by atoms with E-state index in [9.17, 15) is 19.3 Å². The average molecular weight is 282 g/mol. The normalized spacial score (nSPS) is 20.4. The predicted octanol–water partition coefficient (Wildman–Crippen LogP) is 1.55. The first-order chi connectivity index (χ1) is 9.47. The monoisotopic (exact) mass is 282 g/mol. The molecule has 0 aromatic heterocycles. The molecule has 7 nitrogen and oxygen atoms in total. The van der Waals surface area contributed by atoms with Crippen LogP contribution < -0.4 is 16.6 Å². The van der Waals surface area contributed by atoms with E-state index in [-0.39, 0.29) is 17.3 Å². The number of nitrogens with zero attached hydrogens (tertiary/aromatic N) is 1. The van der Waals surface area contributed by atoms with Gasteiger partial charge >= 0.3 is 0 Å². The Bertz CT molecular complexity index is 564. The van der Waals surface area contributed by atoms with Crippen molar-refractivity contribution in [3.05, 3.63) is 33.6 Å². The smallest absolute Gasteiger partial charge is 0.285 e. The van der Waals surface area contributed by atoms with Gasteiger partial charge in [-0.3, -0.25) is 20.8 Å². The second-order valence-corrected chi connectivity index (χ2v) is 4.73. The molecule has 2 atom stereocenters. The lowest BCUT2D eigenvalue weighted by Crippen LogP contribution is -2.28. The van der Waals surface area contributed by atoms with Gasteiger partial charge in [0, 0.05) is 6.04 Å². The number of hydrazine groups is 1. The van der Waals surface area contributed by atoms with Crippen molar-refractivity contribution >= 4 is 17.3 Å². The fraction of sp³-hybridized carbons (Fsp3) is 0.417. The number of nitro benzene ring substituents is 1. The Labute approximate surface area is 114 Å². The van der Waals surface area contributed by atoms with E-state index in [4.69, 9.17) is 5.84 Å². The molecule has 108 valence electrons. The molecule has 2 unspecified atom stereocenters. The van der Waals surface area contributed by atoms with Crippen LogP contribution in [-0.4, -0.2) is 16.9 Å². The number of benzene rings is 1. The van der Waals surface area contributed by atoms with Crippen LogP contribution in [0.2, 0.25) is 0 Å². The van der Waals surface area contributed by atoms with Crippen LogP contribution in [0.4, 0.5) is 15.8 Å². The molecule has 0 saturated heterocycles. The Morgan fingerprint density at radius 3 is 2.80 bits per heavy atom. The van der Waals surface area contributed by atoms with Gasteiger partial charge < -0.3 is 10.7 Å². The van der Waals surface area contributed by atoms with Crippen molar-refractivity contribution in [3.63, 3.8) is 0 Å². The molecular formula is C12H15FN4O3. The molecule has 1 aromatic carbocycles. The summed E-state index contributed by atoms with van der Waals surface area (Å²) in [5.41, 5.74) is 1.13. The van der Waals surface area contributed by atoms with E-state index in [1.807, 2.05) is 6.92 Å². The van der Waals surface area contributed by atoms with E-state index in [0.717, 1.165) is 18.9 Å². The molecule has 1 aromatic rings. The number of carbonyl (C=O) groups is 1. The van der Waals surface area contributed by atoms with Crippen LogP contribution in [0.25, 0.3) is 0 Å². The maximum atomic E-state index is 13.5. The number of nitrogen functional groups attached to an aromatic ring is 1. The number of anilines is 1. The summed E-state index contributed by atoms with van der Waals surface area (Å²) in [5.74, 6) is 4.05. The van der Waals surface area contributed by atoms with E-state index < -0.39 is 22.3 Å². The molecule has 20 heavy (non-hydrogen) atoms. The number of nitro groups is 1. The Kier molecular flexibility index (Phi) is 3.84. The zero-order valence-corrected chi connectivity index (χ0v) is 10.9. The highest BCUT2D eigenvalue weighted by Gasteiger charge is 2.37. The van der Waals surface area contributed by atoms with Crippen molar-refractivity contribution in [2.75, 3.05) is 5.43 Å². The van der Waals surface area contributed by atoms with Crippen LogP contribution >= 0.6 is 0 Å². The van der Waals surface area contributed by atoms with Crippen LogP contribution in [0, 0.1) is 21.8 Å². The SMILES string of the molecule is CCC1CC1NC(=O)c1cc(NN)c(F)cc1[N+](=O)[O-]. The molecule has 1 amide bonds. The molecule has 0 heterocycles. The summed E-state index contributed by atoms with van der Waals surface area (Å²) in [6.45, 7) is 2.01. The first kappa shape index (κ1) is 14.2. The number of nitrogens with one attached hydrogen (secondary N) is 2. The fourth-order valence-electron chi connectivity index (χ4n) is 2.13. The Morgan fingerprint density at radius 1 is 1.60 bits per heavy atom. The number of hydrogen-bond acceptors (Lipinski definition) is 5. The number of hydrogen-bond donors (Lipinski definition) is 3. The van der Waals surface area contributed by atoms with Crippen molar-refractivity contribution in [2.45, 2.75) is 25.8 Å². The minimum atomic E-state index is -0.881. The van der Waals surface area contributed by atoms with E-state index >= 15 is 0 Å². The first-order valence-corrected chi connectivity index (χ1v) is 6.23. The highest BCUT2D eigenvalue weighted by molar-refractivity contribution is 5.99. The Hall–Kier alpha value is -2.22. The summed E-state index contributed by atoms with van der Waals surface area (Å²) in [5, 5.41) is 13.6. The van der Waals surface area contributed by atoms with Crippen LogP contribution in [0.1, 0.15) is 30.1 Å². The van der Waals surface area contributed by atoms with Crippen molar-refractivity contribution in [2.24, 2.45) is 11.8 Å². The Morgan fingerprint density at radius 2 is 2.30 bits per heavy atom. The molecule has 4 N–H and O–H groups in total. The van der Waals surface area contributed by atoms with Crippen molar-refractivity contribution < 1.29 is 14.1 Å². The zero-order valence-electron chi connectivity index (χ0n) is 10.9. The molecule has 1 saturated carbocycles. The number of rotatable bonds is 5. The maximum Gasteiger partial charge on any atom is 0.285 e. The van der Waals surface area contributed by atoms with Crippen LogP contribution in [0.5, 0.6) is 0 Å². The molecular weight excluding hydrogens is 267 g/mol. The molecule has 8 heteroatoms. The van der Waals surface area contributed by atoms with Crippen molar-refractivity contribution in [3.8, 4) is 0 Å². The Balaban J connectivity index is 2.28. The first-order valence-electron chi connectivity index (χ1n) is 6.23. The summed E-state index contributed by atoms with van der Waals surface area (Å²) < 4.78 is 13.5. The third kappa shape index (κ3) is 2.69. The third-order valence-electron chi connectivity index (χ3n) is 3.45. The summed E-state index contributed by atoms with van der Waals surface area (Å²) in [7, 11) is 0. The second kappa shape index (κ2) is 5.41. The van der Waals surface area contributed by atoms with Gasteiger partial charge in [0.1, 0.15) is 5.56 Å². The van der Waals surface area contributed by atoms with Gasteiger partial charge in [-0.1, -0.05) is 13.3 Å². The topological polar surface area (TPSA) is 110 Å². The van der Waals surface area contributed by atoms with E-state index in [1.54, 1.807) is 0 Å². The molecule has 0 radical (unpaired) electrons. The van der Waals surface area contributed by atoms with Crippen LogP contribution in [0.15, 0.2) is 12.1 Å². The number of amides is 1. The molecule has 0 bridgehead atoms. The minimum Gasteiger partial charge on any atom is -0.349 e. The lowest BCUT2D eigenvalue weighted by atomic mass is 10.1. The molecule has 0 aliphatic heterocycles. The van der Waals surface area contributed by atoms with Gasteiger partial charge in [-0.05, 0) is 18.4 Å². The number of halogens is 1. The summed E-state index contributed by atoms with van der Waals surface area (Å²) in [6, 6.07) is 1.77. The maximum absolute atomic E-state index is 13.5. The predicted molar refractivity (Wildman–Crippen MR) is 70.5 cm³/mol. The van der Waals surface area contributed by atoms with Crippen molar-refractivity contribution in [1.29, 1.82) is 0 Å². The molecule has 1 fully saturated rings. The van der Waals surface area contributed by atoms with E-state index in [0.29, 0.717) is 12.0 Å². The van der Waals surface area contributed by atoms with Gasteiger partial charge in [0.25, 0.3) is 11.6 Å². The fourth-order valence-corrected chi connectivity index (χ4v) is 2.13. The molecule has 1 aliphatic rings. The standard InChI is InChI=1S/C12H15FN4O3/c1-2-6-3-9(6)15-12(18)7-4-10(16-14)8(13)5-11(7)17(19)20/h4-6,9,16H,2-3,14H2,1H3,(H,15,18). The zero-order chi connectivity index (χ0) is 14.9. The lowest BCUT2D eigenvalue weighted by molar-refractivity contribution is -0.385. The quantitative estimate of drug-likeness (QED) is 0.431. The highest BCUT2D eigenvalue weighted by Crippen LogP contribution is 2.34. The van der Waals surface area contributed by atoms with Crippen molar-refractivity contribution in [1.82, 2.24) is 5.32 Å². The van der Waals surface area contributed by atoms with Gasteiger partial charge in [-0.2, -0.15) is 0 Å². The third-order valence-corrected chi connectivity index (χ3v) is 3.45. The van der Waals surface area contributed by atoms with Crippen LogP contribution in [-0.2, 0) is 0 Å². The molecule has 2 rings (SSSR count). The lowest BCUT2D eigenvalue weighted by Gasteiger charge is -2.08. The van der Waals surface area contributed by atoms with Gasteiger partial charge in [0.05, 0.1) is 16.7 Å². The largest absolute Gasteiger partial charge is 0.349 e. The minimum absolute atomic E-state index is 0.0337. The van der Waals surface area contributed by atoms with E-state index in [1.165, 1.54) is 0 Å². The summed E-state index contributed by atoms with van der Waals surface area (Å²) in [4.78, 5) is 22.2. The molecule has 1 aliphatic carbocycles. The second-order valence-electron chi connectivity index (χ2n) is 4.73. The summed E-state index contributed by atoms with van der Waals surface area (Å²) >= 11 is 0.